The smallest absolute Gasteiger partial charge is 0.250 e. The van der Waals surface area contributed by atoms with Crippen molar-refractivity contribution in [3.63, 3.8) is 0 Å². The molecule has 1 aromatic heterocycles. The van der Waals surface area contributed by atoms with Gasteiger partial charge >= 0.3 is 0 Å². The number of hydrogen-bond donors (Lipinski definition) is 1. The zero-order valence-electron chi connectivity index (χ0n) is 17.3. The lowest BCUT2D eigenvalue weighted by molar-refractivity contribution is -0.118. The Morgan fingerprint density at radius 1 is 1.17 bits per heavy atom. The van der Waals surface area contributed by atoms with E-state index in [9.17, 15) is 4.79 Å². The number of aryl methyl sites for hydroxylation is 1. The highest BCUT2D eigenvalue weighted by Crippen LogP contribution is 2.24. The summed E-state index contributed by atoms with van der Waals surface area (Å²) in [7, 11) is 0. The van der Waals surface area contributed by atoms with Gasteiger partial charge in [0, 0.05) is 17.7 Å². The first-order valence-electron chi connectivity index (χ1n) is 9.79. The van der Waals surface area contributed by atoms with E-state index >= 15 is 0 Å². The van der Waals surface area contributed by atoms with Crippen LogP contribution >= 0.6 is 11.8 Å². The molecule has 30 heavy (non-hydrogen) atoms. The number of hydrogen-bond acceptors (Lipinski definition) is 6. The minimum atomic E-state index is -0.215. The largest absolute Gasteiger partial charge is 0.493 e. The second-order valence-electron chi connectivity index (χ2n) is 6.47. The molecule has 1 N–H and O–H groups in total. The first-order valence-corrected chi connectivity index (χ1v) is 10.8. The van der Waals surface area contributed by atoms with Gasteiger partial charge in [0.15, 0.2) is 11.0 Å². The fourth-order valence-corrected chi connectivity index (χ4v) is 3.60. The summed E-state index contributed by atoms with van der Waals surface area (Å²) >= 11 is 1.33. The number of thioether (sulfide) groups is 1. The van der Waals surface area contributed by atoms with Crippen molar-refractivity contribution in [1.29, 1.82) is 0 Å². The van der Waals surface area contributed by atoms with Crippen LogP contribution in [0.5, 0.6) is 5.75 Å². The Morgan fingerprint density at radius 2 is 1.93 bits per heavy atom. The predicted octanol–water partition coefficient (Wildman–Crippen LogP) is 3.91. The predicted molar refractivity (Wildman–Crippen MR) is 120 cm³/mol. The third kappa shape index (κ3) is 5.48. The van der Waals surface area contributed by atoms with E-state index in [2.05, 4.69) is 20.7 Å². The molecular formula is C22H25N5O2S. The number of hydrazone groups is 1. The number of benzene rings is 2. The van der Waals surface area contributed by atoms with Crippen LogP contribution in [0.4, 0.5) is 0 Å². The van der Waals surface area contributed by atoms with Gasteiger partial charge < -0.3 is 9.30 Å². The Bertz CT molecular complexity index is 1010. The molecule has 3 aromatic rings. The lowest BCUT2D eigenvalue weighted by Gasteiger charge is -2.07. The van der Waals surface area contributed by atoms with E-state index in [1.807, 2.05) is 73.9 Å². The zero-order chi connectivity index (χ0) is 21.3. The first-order chi connectivity index (χ1) is 14.6. The van der Waals surface area contributed by atoms with E-state index in [1.54, 1.807) is 6.21 Å². The molecule has 2 aromatic carbocycles. The van der Waals surface area contributed by atoms with Crippen LogP contribution in [0.1, 0.15) is 25.0 Å². The maximum atomic E-state index is 12.2. The van der Waals surface area contributed by atoms with Crippen LogP contribution in [-0.2, 0) is 11.3 Å². The van der Waals surface area contributed by atoms with Crippen molar-refractivity contribution < 1.29 is 9.53 Å². The molecule has 0 spiro atoms. The second-order valence-corrected chi connectivity index (χ2v) is 7.41. The number of ether oxygens (including phenoxy) is 1. The number of carbonyl (C=O) groups excluding carboxylic acids is 1. The summed E-state index contributed by atoms with van der Waals surface area (Å²) in [6.45, 7) is 7.28. The fraction of sp³-hybridized carbons (Fsp3) is 0.273. The van der Waals surface area contributed by atoms with Crippen LogP contribution in [0.15, 0.2) is 58.8 Å². The summed E-state index contributed by atoms with van der Waals surface area (Å²) in [5, 5.41) is 13.3. The fourth-order valence-electron chi connectivity index (χ4n) is 2.81. The molecule has 0 fully saturated rings. The Balaban J connectivity index is 1.59. The van der Waals surface area contributed by atoms with Crippen molar-refractivity contribution in [3.8, 4) is 17.1 Å². The standard InChI is InChI=1S/C22H25N5O2S/c1-4-27-21(17-12-10-16(3)11-13-17)25-26-22(27)30-15-20(28)24-23-14-18-8-6-7-9-19(18)29-5-2/h6-14H,4-5,15H2,1-3H3,(H,24,28). The molecular weight excluding hydrogens is 398 g/mol. The Kier molecular flexibility index (Phi) is 7.62. The third-order valence-electron chi connectivity index (χ3n) is 4.29. The topological polar surface area (TPSA) is 81.4 Å². The van der Waals surface area contributed by atoms with Crippen molar-refractivity contribution in [2.75, 3.05) is 12.4 Å². The van der Waals surface area contributed by atoms with Gasteiger partial charge in [0.2, 0.25) is 0 Å². The van der Waals surface area contributed by atoms with Gasteiger partial charge in [-0.25, -0.2) is 5.43 Å². The number of para-hydroxylation sites is 1. The number of amides is 1. The van der Waals surface area contributed by atoms with Crippen LogP contribution in [0.25, 0.3) is 11.4 Å². The molecule has 156 valence electrons. The highest BCUT2D eigenvalue weighted by atomic mass is 32.2. The van der Waals surface area contributed by atoms with Crippen LogP contribution in [-0.4, -0.2) is 39.2 Å². The summed E-state index contributed by atoms with van der Waals surface area (Å²) in [4.78, 5) is 12.2. The van der Waals surface area contributed by atoms with Gasteiger partial charge in [0.25, 0.3) is 5.91 Å². The molecule has 0 aliphatic rings. The molecule has 0 saturated carbocycles. The quantitative estimate of drug-likeness (QED) is 0.321. The Morgan fingerprint density at radius 3 is 2.67 bits per heavy atom. The molecule has 7 nitrogen and oxygen atoms in total. The second kappa shape index (κ2) is 10.6. The van der Waals surface area contributed by atoms with Crippen molar-refractivity contribution in [1.82, 2.24) is 20.2 Å². The highest BCUT2D eigenvalue weighted by molar-refractivity contribution is 7.99. The van der Waals surface area contributed by atoms with Crippen LogP contribution in [0.2, 0.25) is 0 Å². The van der Waals surface area contributed by atoms with Gasteiger partial charge in [-0.3, -0.25) is 4.79 Å². The molecule has 0 saturated heterocycles. The van der Waals surface area contributed by atoms with E-state index in [0.29, 0.717) is 18.3 Å². The number of rotatable bonds is 9. The molecule has 0 aliphatic heterocycles. The molecule has 0 unspecified atom stereocenters. The number of nitrogens with zero attached hydrogens (tertiary/aromatic N) is 4. The average Bonchev–Trinajstić information content (AvgIpc) is 3.17. The van der Waals surface area contributed by atoms with E-state index in [-0.39, 0.29) is 11.7 Å². The minimum Gasteiger partial charge on any atom is -0.493 e. The summed E-state index contributed by atoms with van der Waals surface area (Å²) in [6, 6.07) is 15.7. The highest BCUT2D eigenvalue weighted by Gasteiger charge is 2.14. The van der Waals surface area contributed by atoms with Gasteiger partial charge in [0.05, 0.1) is 18.6 Å². The summed E-state index contributed by atoms with van der Waals surface area (Å²) < 4.78 is 7.55. The van der Waals surface area contributed by atoms with Crippen molar-refractivity contribution in [3.05, 3.63) is 59.7 Å². The van der Waals surface area contributed by atoms with Gasteiger partial charge in [-0.1, -0.05) is 53.7 Å². The summed E-state index contributed by atoms with van der Waals surface area (Å²) in [5.74, 6) is 1.50. The van der Waals surface area contributed by atoms with Gasteiger partial charge in [-0.15, -0.1) is 10.2 Å². The van der Waals surface area contributed by atoms with E-state index in [4.69, 9.17) is 4.74 Å². The zero-order valence-corrected chi connectivity index (χ0v) is 18.1. The van der Waals surface area contributed by atoms with E-state index in [0.717, 1.165) is 22.7 Å². The van der Waals surface area contributed by atoms with Crippen LogP contribution in [0.3, 0.4) is 0 Å². The number of aromatic nitrogens is 3. The maximum absolute atomic E-state index is 12.2. The number of nitrogens with one attached hydrogen (secondary N) is 1. The van der Waals surface area contributed by atoms with Gasteiger partial charge in [-0.05, 0) is 32.9 Å². The summed E-state index contributed by atoms with van der Waals surface area (Å²) in [6.07, 6.45) is 1.58. The average molecular weight is 424 g/mol. The Labute approximate surface area is 180 Å². The monoisotopic (exact) mass is 423 g/mol. The molecule has 1 amide bonds. The minimum absolute atomic E-state index is 0.191. The number of carbonyl (C=O) groups is 1. The molecule has 1 heterocycles. The van der Waals surface area contributed by atoms with E-state index < -0.39 is 0 Å². The first kappa shape index (κ1) is 21.6. The molecule has 3 rings (SSSR count). The van der Waals surface area contributed by atoms with Crippen LogP contribution in [0, 0.1) is 6.92 Å². The molecule has 8 heteroatoms. The molecule has 0 atom stereocenters. The van der Waals surface area contributed by atoms with Gasteiger partial charge in [0.1, 0.15) is 5.75 Å². The molecule has 0 radical (unpaired) electrons. The lowest BCUT2D eigenvalue weighted by Crippen LogP contribution is -2.20. The SMILES string of the molecule is CCOc1ccccc1C=NNC(=O)CSc1nnc(-c2ccc(C)cc2)n1CC. The maximum Gasteiger partial charge on any atom is 0.250 e. The van der Waals surface area contributed by atoms with Crippen molar-refractivity contribution >= 4 is 23.9 Å². The Hall–Kier alpha value is -3.13. The lowest BCUT2D eigenvalue weighted by atomic mass is 10.1. The van der Waals surface area contributed by atoms with Crippen molar-refractivity contribution in [2.45, 2.75) is 32.5 Å². The normalized spacial score (nSPS) is 11.0. The van der Waals surface area contributed by atoms with E-state index in [1.165, 1.54) is 17.3 Å². The molecule has 0 bridgehead atoms. The van der Waals surface area contributed by atoms with Crippen LogP contribution < -0.4 is 10.2 Å². The van der Waals surface area contributed by atoms with Crippen molar-refractivity contribution in [2.24, 2.45) is 5.10 Å². The van der Waals surface area contributed by atoms with Gasteiger partial charge in [-0.2, -0.15) is 5.10 Å². The molecule has 0 aliphatic carbocycles. The summed E-state index contributed by atoms with van der Waals surface area (Å²) in [5.41, 5.74) is 5.55. The third-order valence-corrected chi connectivity index (χ3v) is 5.25.